The van der Waals surface area contributed by atoms with Crippen LogP contribution < -0.4 is 14.9 Å². The molecule has 1 saturated carbocycles. The van der Waals surface area contributed by atoms with E-state index in [1.54, 1.807) is 12.1 Å². The predicted molar refractivity (Wildman–Crippen MR) is 126 cm³/mol. The summed E-state index contributed by atoms with van der Waals surface area (Å²) in [6, 6.07) is 6.43. The molecule has 2 aromatic carbocycles. The Hall–Kier alpha value is -2.99. The van der Waals surface area contributed by atoms with E-state index in [2.05, 4.69) is 10.1 Å². The number of halogens is 1. The van der Waals surface area contributed by atoms with E-state index in [1.165, 1.54) is 12.1 Å². The molecule has 35 heavy (non-hydrogen) atoms. The van der Waals surface area contributed by atoms with Crippen molar-refractivity contribution < 1.29 is 32.6 Å². The van der Waals surface area contributed by atoms with Crippen molar-refractivity contribution in [3.05, 3.63) is 58.9 Å². The second kappa shape index (κ2) is 9.23. The summed E-state index contributed by atoms with van der Waals surface area (Å²) in [5.41, 5.74) is 3.66. The fraction of sp³-hybridized carbons (Fsp3) is 0.375. The molecule has 4 N–H and O–H groups in total. The highest BCUT2D eigenvalue weighted by molar-refractivity contribution is 7.92. The van der Waals surface area contributed by atoms with Crippen molar-refractivity contribution in [1.82, 2.24) is 10.4 Å². The Kier molecular flexibility index (Phi) is 6.26. The minimum Gasteiger partial charge on any atom is -0.492 e. The van der Waals surface area contributed by atoms with Crippen LogP contribution in [0, 0.1) is 11.7 Å². The summed E-state index contributed by atoms with van der Waals surface area (Å²) < 4.78 is 48.6. The van der Waals surface area contributed by atoms with E-state index in [4.69, 9.17) is 4.74 Å². The number of sulfonamides is 1. The van der Waals surface area contributed by atoms with E-state index >= 15 is 0 Å². The van der Waals surface area contributed by atoms with Crippen molar-refractivity contribution in [3.8, 4) is 5.75 Å². The lowest BCUT2D eigenvalue weighted by atomic mass is 10.0. The normalized spacial score (nSPS) is 23.5. The van der Waals surface area contributed by atoms with Gasteiger partial charge in [0, 0.05) is 25.6 Å². The van der Waals surface area contributed by atoms with Gasteiger partial charge in [0.1, 0.15) is 17.1 Å². The van der Waals surface area contributed by atoms with Gasteiger partial charge in [0.25, 0.3) is 10.0 Å². The monoisotopic (exact) mass is 503 g/mol. The van der Waals surface area contributed by atoms with Crippen LogP contribution in [0.2, 0.25) is 0 Å². The highest BCUT2D eigenvalue weighted by atomic mass is 32.2. The quantitative estimate of drug-likeness (QED) is 0.433. The number of carbonyl (C=O) groups is 1. The number of nitrogens with one attached hydrogen (secondary N) is 2. The van der Waals surface area contributed by atoms with Crippen molar-refractivity contribution in [1.29, 1.82) is 0 Å². The largest absolute Gasteiger partial charge is 0.492 e. The van der Waals surface area contributed by atoms with Crippen LogP contribution in [0.3, 0.4) is 0 Å². The summed E-state index contributed by atoms with van der Waals surface area (Å²) in [6.45, 7) is 1.95. The molecular weight excluding hydrogens is 477 g/mol. The van der Waals surface area contributed by atoms with Crippen molar-refractivity contribution >= 4 is 27.8 Å². The zero-order valence-electron chi connectivity index (χ0n) is 18.8. The number of rotatable bonds is 8. The van der Waals surface area contributed by atoms with E-state index in [0.29, 0.717) is 38.6 Å². The Balaban J connectivity index is 1.39. The number of hydrazine groups is 1. The van der Waals surface area contributed by atoms with Crippen molar-refractivity contribution in [2.24, 2.45) is 5.92 Å². The highest BCUT2D eigenvalue weighted by Gasteiger charge is 2.45. The van der Waals surface area contributed by atoms with Crippen LogP contribution >= 0.6 is 0 Å². The molecule has 1 saturated heterocycles. The maximum absolute atomic E-state index is 14.0. The Labute approximate surface area is 202 Å². The van der Waals surface area contributed by atoms with Gasteiger partial charge >= 0.3 is 5.97 Å². The average Bonchev–Trinajstić information content (AvgIpc) is 3.49. The number of aromatic carboxylic acids is 1. The molecule has 186 valence electrons. The molecule has 0 aromatic heterocycles. The number of hydrogen-bond acceptors (Lipinski definition) is 7. The molecule has 0 unspecified atom stereocenters. The Morgan fingerprint density at radius 3 is 2.86 bits per heavy atom. The third kappa shape index (κ3) is 4.90. The van der Waals surface area contributed by atoms with Gasteiger partial charge in [0.05, 0.1) is 23.3 Å². The van der Waals surface area contributed by atoms with E-state index in [9.17, 15) is 27.8 Å². The first-order chi connectivity index (χ1) is 16.7. The van der Waals surface area contributed by atoms with E-state index in [-0.39, 0.29) is 39.5 Å². The summed E-state index contributed by atoms with van der Waals surface area (Å²) in [7, 11) is -4.26. The van der Waals surface area contributed by atoms with E-state index < -0.39 is 21.8 Å². The molecule has 0 amide bonds. The Morgan fingerprint density at radius 1 is 1.29 bits per heavy atom. The molecule has 9 nitrogen and oxygen atoms in total. The SMILES string of the molecule is O=C(O)c1c(NS(=O)(=O)c2ccc(F)cc2/C=C\CNN2CC[C@@H](O)C2)ccc2c1OC[C@@H]1C[C@H]21. The molecule has 11 heteroatoms. The molecule has 5 rings (SSSR count). The van der Waals surface area contributed by atoms with Crippen LogP contribution in [0.4, 0.5) is 10.1 Å². The first-order valence-corrected chi connectivity index (χ1v) is 12.9. The van der Waals surface area contributed by atoms with Crippen molar-refractivity contribution in [3.63, 3.8) is 0 Å². The molecule has 2 heterocycles. The topological polar surface area (TPSA) is 128 Å². The van der Waals surface area contributed by atoms with Crippen LogP contribution in [0.5, 0.6) is 5.75 Å². The molecule has 0 spiro atoms. The van der Waals surface area contributed by atoms with Gasteiger partial charge in [-0.1, -0.05) is 18.2 Å². The van der Waals surface area contributed by atoms with Gasteiger partial charge in [0.15, 0.2) is 0 Å². The molecule has 0 radical (unpaired) electrons. The summed E-state index contributed by atoms with van der Waals surface area (Å²) in [5.74, 6) is -1.07. The van der Waals surface area contributed by atoms with Crippen molar-refractivity contribution in [2.75, 3.05) is 31.0 Å². The van der Waals surface area contributed by atoms with Gasteiger partial charge in [-0.2, -0.15) is 0 Å². The molecule has 2 aromatic rings. The Bertz CT molecular complexity index is 1300. The number of ether oxygens (including phenoxy) is 1. The molecule has 0 bridgehead atoms. The van der Waals surface area contributed by atoms with Crippen LogP contribution in [0.25, 0.3) is 6.08 Å². The summed E-state index contributed by atoms with van der Waals surface area (Å²) in [5, 5.41) is 21.3. The number of aliphatic hydroxyl groups is 1. The van der Waals surface area contributed by atoms with Gasteiger partial charge in [-0.25, -0.2) is 22.6 Å². The molecule has 2 aliphatic heterocycles. The van der Waals surface area contributed by atoms with Gasteiger partial charge in [0.2, 0.25) is 0 Å². The van der Waals surface area contributed by atoms with Crippen LogP contribution in [0.15, 0.2) is 41.3 Å². The van der Waals surface area contributed by atoms with Gasteiger partial charge < -0.3 is 14.9 Å². The number of carboxylic acid groups (broad SMARTS) is 1. The molecule has 3 atom stereocenters. The number of aliphatic hydroxyl groups excluding tert-OH is 1. The predicted octanol–water partition coefficient (Wildman–Crippen LogP) is 2.41. The van der Waals surface area contributed by atoms with Gasteiger partial charge in [-0.3, -0.25) is 10.1 Å². The lowest BCUT2D eigenvalue weighted by Crippen LogP contribution is -2.36. The number of carboxylic acids is 1. The minimum atomic E-state index is -4.26. The van der Waals surface area contributed by atoms with E-state index in [0.717, 1.165) is 30.2 Å². The van der Waals surface area contributed by atoms with Crippen LogP contribution in [-0.4, -0.2) is 62.0 Å². The second-order valence-electron chi connectivity index (χ2n) is 9.07. The third-order valence-corrected chi connectivity index (χ3v) is 8.00. The fourth-order valence-electron chi connectivity index (χ4n) is 4.69. The molecule has 3 aliphatic rings. The minimum absolute atomic E-state index is 0.108. The number of β-amino-alcohol motifs (C(OH)–C–C–N with tert-alkyl or cyclic N) is 1. The Morgan fingerprint density at radius 2 is 2.11 bits per heavy atom. The highest BCUT2D eigenvalue weighted by Crippen LogP contribution is 2.55. The molecule has 1 aliphatic carbocycles. The maximum atomic E-state index is 14.0. The average molecular weight is 504 g/mol. The van der Waals surface area contributed by atoms with Gasteiger partial charge in [-0.05, 0) is 54.2 Å². The number of anilines is 1. The summed E-state index contributed by atoms with van der Waals surface area (Å²) in [4.78, 5) is 11.9. The fourth-order valence-corrected chi connectivity index (χ4v) is 5.95. The zero-order chi connectivity index (χ0) is 24.7. The number of benzene rings is 2. The number of nitrogens with zero attached hydrogens (tertiary/aromatic N) is 1. The van der Waals surface area contributed by atoms with Crippen molar-refractivity contribution in [2.45, 2.75) is 29.8 Å². The summed E-state index contributed by atoms with van der Waals surface area (Å²) in [6.07, 6.45) is 4.35. The van der Waals surface area contributed by atoms with Crippen LogP contribution in [-0.2, 0) is 10.0 Å². The lowest BCUT2D eigenvalue weighted by molar-refractivity contribution is 0.0692. The third-order valence-electron chi connectivity index (χ3n) is 6.57. The molecule has 2 fully saturated rings. The van der Waals surface area contributed by atoms with Crippen LogP contribution in [0.1, 0.15) is 40.2 Å². The maximum Gasteiger partial charge on any atom is 0.341 e. The smallest absolute Gasteiger partial charge is 0.341 e. The second-order valence-corrected chi connectivity index (χ2v) is 10.7. The first-order valence-electron chi connectivity index (χ1n) is 11.4. The van der Waals surface area contributed by atoms with Gasteiger partial charge in [-0.15, -0.1) is 0 Å². The molecular formula is C24H26FN3O6S. The zero-order valence-corrected chi connectivity index (χ0v) is 19.6. The summed E-state index contributed by atoms with van der Waals surface area (Å²) >= 11 is 0. The lowest BCUT2D eigenvalue weighted by Gasteiger charge is -2.21. The van der Waals surface area contributed by atoms with E-state index in [1.807, 2.05) is 5.01 Å². The standard InChI is InChI=1S/C24H26FN3O6S/c25-16-3-6-21(14(10-16)2-1-8-26-28-9-7-17(29)12-28)35(32,33)27-20-5-4-18-19-11-15(19)13-34-23(18)22(20)24(30)31/h1-6,10,15,17,19,26-27,29H,7-9,11-13H2,(H,30,31)/b2-1-/t15-,17+,19-/m0/s1. The first kappa shape index (κ1) is 23.7. The number of fused-ring (bicyclic) bond motifs is 3. The number of hydrogen-bond donors (Lipinski definition) is 4.